The summed E-state index contributed by atoms with van der Waals surface area (Å²) in [5.74, 6) is -0.238. The molecular formula is C19H16ClN3O. The van der Waals surface area contributed by atoms with Crippen molar-refractivity contribution in [2.24, 2.45) is 0 Å². The van der Waals surface area contributed by atoms with Gasteiger partial charge in [-0.2, -0.15) is 0 Å². The van der Waals surface area contributed by atoms with Gasteiger partial charge in [0, 0.05) is 22.6 Å². The molecule has 120 valence electrons. The molecule has 0 radical (unpaired) electrons. The molecule has 1 aromatic heterocycles. The largest absolute Gasteiger partial charge is 0.354 e. The van der Waals surface area contributed by atoms with Crippen molar-refractivity contribution >= 4 is 34.6 Å². The fraction of sp³-hybridized carbons (Fsp3) is 0.0526. The number of aryl methyl sites for hydroxylation is 1. The number of hydrogen-bond acceptors (Lipinski definition) is 3. The highest BCUT2D eigenvalue weighted by molar-refractivity contribution is 6.30. The fourth-order valence-corrected chi connectivity index (χ4v) is 2.46. The highest BCUT2D eigenvalue weighted by Gasteiger charge is 2.08. The van der Waals surface area contributed by atoms with Crippen molar-refractivity contribution in [2.75, 3.05) is 10.6 Å². The molecule has 0 atom stereocenters. The average molecular weight is 338 g/mol. The van der Waals surface area contributed by atoms with Gasteiger partial charge in [0.1, 0.15) is 0 Å². The first-order chi connectivity index (χ1) is 11.6. The molecule has 3 aromatic rings. The van der Waals surface area contributed by atoms with E-state index in [1.807, 2.05) is 31.2 Å². The van der Waals surface area contributed by atoms with Crippen LogP contribution in [0.4, 0.5) is 17.1 Å². The summed E-state index contributed by atoms with van der Waals surface area (Å²) >= 11 is 5.93. The normalized spacial score (nSPS) is 10.2. The van der Waals surface area contributed by atoms with Gasteiger partial charge < -0.3 is 10.6 Å². The topological polar surface area (TPSA) is 54.0 Å². The van der Waals surface area contributed by atoms with Crippen LogP contribution in [0.1, 0.15) is 15.9 Å². The molecule has 24 heavy (non-hydrogen) atoms. The van der Waals surface area contributed by atoms with Crippen LogP contribution in [-0.4, -0.2) is 10.9 Å². The summed E-state index contributed by atoms with van der Waals surface area (Å²) in [6.45, 7) is 2.02. The second-order valence-corrected chi connectivity index (χ2v) is 5.80. The summed E-state index contributed by atoms with van der Waals surface area (Å²) < 4.78 is 0. The van der Waals surface area contributed by atoms with Crippen LogP contribution in [0, 0.1) is 6.92 Å². The van der Waals surface area contributed by atoms with E-state index >= 15 is 0 Å². The number of para-hydroxylation sites is 1. The van der Waals surface area contributed by atoms with Gasteiger partial charge in [-0.15, -0.1) is 0 Å². The number of aromatic nitrogens is 1. The van der Waals surface area contributed by atoms with Crippen LogP contribution < -0.4 is 10.6 Å². The molecule has 0 spiro atoms. The molecule has 0 aliphatic carbocycles. The highest BCUT2D eigenvalue weighted by atomic mass is 35.5. The fourth-order valence-electron chi connectivity index (χ4n) is 2.27. The first kappa shape index (κ1) is 16.0. The Kier molecular flexibility index (Phi) is 4.77. The van der Waals surface area contributed by atoms with Gasteiger partial charge in [0.2, 0.25) is 0 Å². The molecule has 5 heteroatoms. The lowest BCUT2D eigenvalue weighted by Gasteiger charge is -2.10. The maximum Gasteiger partial charge on any atom is 0.257 e. The third kappa shape index (κ3) is 3.91. The average Bonchev–Trinajstić information content (AvgIpc) is 2.57. The minimum atomic E-state index is -0.238. The highest BCUT2D eigenvalue weighted by Crippen LogP contribution is 2.21. The van der Waals surface area contributed by atoms with Crippen molar-refractivity contribution in [3.63, 3.8) is 0 Å². The summed E-state index contributed by atoms with van der Waals surface area (Å²) in [4.78, 5) is 16.5. The zero-order chi connectivity index (χ0) is 16.9. The monoisotopic (exact) mass is 337 g/mol. The first-order valence-corrected chi connectivity index (χ1v) is 7.84. The number of nitrogens with zero attached hydrogens (tertiary/aromatic N) is 1. The van der Waals surface area contributed by atoms with Gasteiger partial charge in [-0.05, 0) is 42.8 Å². The van der Waals surface area contributed by atoms with E-state index in [0.29, 0.717) is 16.3 Å². The van der Waals surface area contributed by atoms with Crippen molar-refractivity contribution in [1.82, 2.24) is 4.98 Å². The third-order valence-electron chi connectivity index (χ3n) is 3.51. The molecule has 0 aliphatic heterocycles. The second kappa shape index (κ2) is 7.15. The lowest BCUT2D eigenvalue weighted by molar-refractivity contribution is 0.102. The van der Waals surface area contributed by atoms with Gasteiger partial charge in [-0.25, -0.2) is 0 Å². The summed E-state index contributed by atoms with van der Waals surface area (Å²) in [6, 6.07) is 16.7. The number of anilines is 3. The van der Waals surface area contributed by atoms with Gasteiger partial charge in [0.15, 0.2) is 0 Å². The van der Waals surface area contributed by atoms with Crippen molar-refractivity contribution in [3.05, 3.63) is 83.1 Å². The van der Waals surface area contributed by atoms with E-state index in [9.17, 15) is 4.79 Å². The molecule has 4 nitrogen and oxygen atoms in total. The Morgan fingerprint density at radius 3 is 2.62 bits per heavy atom. The Morgan fingerprint density at radius 1 is 1.00 bits per heavy atom. The number of carbonyl (C=O) groups is 1. The number of benzene rings is 2. The number of nitrogens with one attached hydrogen (secondary N) is 2. The van der Waals surface area contributed by atoms with Gasteiger partial charge >= 0.3 is 0 Å². The smallest absolute Gasteiger partial charge is 0.257 e. The van der Waals surface area contributed by atoms with Gasteiger partial charge in [0.05, 0.1) is 17.4 Å². The van der Waals surface area contributed by atoms with E-state index in [4.69, 9.17) is 11.6 Å². The van der Waals surface area contributed by atoms with Gasteiger partial charge in [0.25, 0.3) is 5.91 Å². The van der Waals surface area contributed by atoms with E-state index in [0.717, 1.165) is 16.9 Å². The van der Waals surface area contributed by atoms with Crippen LogP contribution in [0.25, 0.3) is 0 Å². The van der Waals surface area contributed by atoms with Crippen LogP contribution in [0.3, 0.4) is 0 Å². The quantitative estimate of drug-likeness (QED) is 0.701. The molecule has 1 heterocycles. The molecule has 0 unspecified atom stereocenters. The molecular weight excluding hydrogens is 322 g/mol. The predicted octanol–water partition coefficient (Wildman–Crippen LogP) is 5.04. The summed E-state index contributed by atoms with van der Waals surface area (Å²) in [5.41, 5.74) is 3.96. The molecule has 3 rings (SSSR count). The van der Waals surface area contributed by atoms with Crippen LogP contribution >= 0.6 is 11.6 Å². The van der Waals surface area contributed by atoms with Gasteiger partial charge in [-0.3, -0.25) is 9.78 Å². The molecule has 2 aromatic carbocycles. The van der Waals surface area contributed by atoms with E-state index in [1.54, 1.807) is 36.5 Å². The summed E-state index contributed by atoms with van der Waals surface area (Å²) in [6.07, 6.45) is 3.21. The Bertz CT molecular complexity index is 880. The molecule has 0 aliphatic rings. The van der Waals surface area contributed by atoms with Crippen molar-refractivity contribution in [2.45, 2.75) is 6.92 Å². The van der Waals surface area contributed by atoms with Gasteiger partial charge in [-0.1, -0.05) is 35.9 Å². The number of pyridine rings is 1. The molecule has 0 bridgehead atoms. The number of hydrogen-bond donors (Lipinski definition) is 2. The summed E-state index contributed by atoms with van der Waals surface area (Å²) in [7, 11) is 0. The van der Waals surface area contributed by atoms with E-state index < -0.39 is 0 Å². The summed E-state index contributed by atoms with van der Waals surface area (Å²) in [5, 5.41) is 6.66. The molecule has 1 amide bonds. The van der Waals surface area contributed by atoms with E-state index in [-0.39, 0.29) is 5.91 Å². The first-order valence-electron chi connectivity index (χ1n) is 7.46. The zero-order valence-electron chi connectivity index (χ0n) is 13.1. The standard InChI is InChI=1S/C19H16ClN3O/c1-13-5-2-3-8-18(13)22-17-9-14(11-21-12-17)19(24)23-16-7-4-6-15(20)10-16/h2-12,22H,1H3,(H,23,24). The van der Waals surface area contributed by atoms with E-state index in [2.05, 4.69) is 15.6 Å². The Hall–Kier alpha value is -2.85. The lowest BCUT2D eigenvalue weighted by atomic mass is 10.2. The van der Waals surface area contributed by atoms with Crippen LogP contribution in [0.2, 0.25) is 5.02 Å². The predicted molar refractivity (Wildman–Crippen MR) is 98.1 cm³/mol. The van der Waals surface area contributed by atoms with Crippen LogP contribution in [0.5, 0.6) is 0 Å². The number of amides is 1. The molecule has 0 fully saturated rings. The van der Waals surface area contributed by atoms with Crippen molar-refractivity contribution in [3.8, 4) is 0 Å². The SMILES string of the molecule is Cc1ccccc1Nc1cncc(C(=O)Nc2cccc(Cl)c2)c1. The minimum Gasteiger partial charge on any atom is -0.354 e. The molecule has 0 saturated heterocycles. The lowest BCUT2D eigenvalue weighted by Crippen LogP contribution is -2.12. The second-order valence-electron chi connectivity index (χ2n) is 5.37. The Morgan fingerprint density at radius 2 is 1.83 bits per heavy atom. The van der Waals surface area contributed by atoms with Crippen molar-refractivity contribution in [1.29, 1.82) is 0 Å². The third-order valence-corrected chi connectivity index (χ3v) is 3.74. The maximum absolute atomic E-state index is 12.4. The number of carbonyl (C=O) groups excluding carboxylic acids is 1. The molecule has 0 saturated carbocycles. The molecule has 2 N–H and O–H groups in total. The van der Waals surface area contributed by atoms with E-state index in [1.165, 1.54) is 6.20 Å². The number of halogens is 1. The Labute approximate surface area is 145 Å². The minimum absolute atomic E-state index is 0.238. The maximum atomic E-state index is 12.4. The van der Waals surface area contributed by atoms with Crippen LogP contribution in [-0.2, 0) is 0 Å². The number of rotatable bonds is 4. The Balaban J connectivity index is 1.77. The van der Waals surface area contributed by atoms with Crippen LogP contribution in [0.15, 0.2) is 67.0 Å². The zero-order valence-corrected chi connectivity index (χ0v) is 13.8. The van der Waals surface area contributed by atoms with Crippen molar-refractivity contribution < 1.29 is 4.79 Å².